The van der Waals surface area contributed by atoms with E-state index in [4.69, 9.17) is 15.2 Å². The van der Waals surface area contributed by atoms with Crippen molar-refractivity contribution in [3.63, 3.8) is 0 Å². The van der Waals surface area contributed by atoms with Crippen molar-refractivity contribution in [1.29, 1.82) is 0 Å². The Morgan fingerprint density at radius 3 is 2.44 bits per heavy atom. The number of nitrogens with two attached hydrogens (primary N) is 1. The fraction of sp³-hybridized carbons (Fsp3) is 0.833. The Labute approximate surface area is 108 Å². The molecule has 0 spiro atoms. The standard InChI is InChI=1S/C12H24N2O4/c1-5-17-10(15)9(13)7-6-8-14-11(16)18-12(2,3)4/h9H,5-8,13H2,1-4H3,(H,14,16)/t9-/m1/s1. The summed E-state index contributed by atoms with van der Waals surface area (Å²) in [4.78, 5) is 22.5. The number of esters is 1. The first-order chi connectivity index (χ1) is 8.26. The minimum Gasteiger partial charge on any atom is -0.465 e. The van der Waals surface area contributed by atoms with Gasteiger partial charge in [-0.1, -0.05) is 0 Å². The molecule has 0 heterocycles. The highest BCUT2D eigenvalue weighted by atomic mass is 16.6. The molecule has 106 valence electrons. The molecule has 6 nitrogen and oxygen atoms in total. The van der Waals surface area contributed by atoms with E-state index in [9.17, 15) is 9.59 Å². The Morgan fingerprint density at radius 1 is 1.33 bits per heavy atom. The molecule has 6 heteroatoms. The van der Waals surface area contributed by atoms with E-state index in [-0.39, 0.29) is 0 Å². The number of rotatable bonds is 6. The number of ether oxygens (including phenoxy) is 2. The summed E-state index contributed by atoms with van der Waals surface area (Å²) in [6, 6.07) is -0.634. The molecule has 3 N–H and O–H groups in total. The second-order valence-electron chi connectivity index (χ2n) is 4.93. The molecule has 18 heavy (non-hydrogen) atoms. The lowest BCUT2D eigenvalue weighted by Gasteiger charge is -2.19. The molecule has 0 saturated carbocycles. The summed E-state index contributed by atoms with van der Waals surface area (Å²) in [5.74, 6) is -0.408. The van der Waals surface area contributed by atoms with Crippen molar-refractivity contribution >= 4 is 12.1 Å². The summed E-state index contributed by atoms with van der Waals surface area (Å²) in [6.07, 6.45) is 0.598. The van der Waals surface area contributed by atoms with Gasteiger partial charge >= 0.3 is 12.1 Å². The number of carbonyl (C=O) groups is 2. The van der Waals surface area contributed by atoms with Gasteiger partial charge in [0.25, 0.3) is 0 Å². The summed E-state index contributed by atoms with van der Waals surface area (Å²) >= 11 is 0. The molecule has 0 aliphatic rings. The van der Waals surface area contributed by atoms with Gasteiger partial charge in [0, 0.05) is 6.54 Å². The molecule has 1 atom stereocenters. The zero-order valence-electron chi connectivity index (χ0n) is 11.6. The lowest BCUT2D eigenvalue weighted by atomic mass is 10.2. The van der Waals surface area contributed by atoms with Crippen LogP contribution in [0, 0.1) is 0 Å². The van der Waals surface area contributed by atoms with Crippen molar-refractivity contribution < 1.29 is 19.1 Å². The van der Waals surface area contributed by atoms with Crippen LogP contribution < -0.4 is 11.1 Å². The smallest absolute Gasteiger partial charge is 0.407 e. The molecule has 1 amide bonds. The van der Waals surface area contributed by atoms with Gasteiger partial charge in [0.05, 0.1) is 6.61 Å². The molecule has 0 unspecified atom stereocenters. The fourth-order valence-corrected chi connectivity index (χ4v) is 1.19. The molecular formula is C12H24N2O4. The van der Waals surface area contributed by atoms with Gasteiger partial charge in [-0.2, -0.15) is 0 Å². The average molecular weight is 260 g/mol. The minimum absolute atomic E-state index is 0.322. The number of nitrogens with one attached hydrogen (secondary N) is 1. The summed E-state index contributed by atoms with van der Waals surface area (Å²) in [5.41, 5.74) is 5.09. The summed E-state index contributed by atoms with van der Waals surface area (Å²) < 4.78 is 9.83. The first kappa shape index (κ1) is 16.7. The Morgan fingerprint density at radius 2 is 1.94 bits per heavy atom. The maximum absolute atomic E-state index is 11.3. The first-order valence-corrected chi connectivity index (χ1v) is 6.15. The first-order valence-electron chi connectivity index (χ1n) is 6.15. The van der Waals surface area contributed by atoms with E-state index < -0.39 is 23.7 Å². The lowest BCUT2D eigenvalue weighted by molar-refractivity contribution is -0.144. The van der Waals surface area contributed by atoms with Crippen LogP contribution in [0.15, 0.2) is 0 Å². The largest absolute Gasteiger partial charge is 0.465 e. The second kappa shape index (κ2) is 7.92. The van der Waals surface area contributed by atoms with Gasteiger partial charge in [0.15, 0.2) is 0 Å². The topological polar surface area (TPSA) is 90.6 Å². The molecule has 0 aliphatic heterocycles. The maximum atomic E-state index is 11.3. The predicted molar refractivity (Wildman–Crippen MR) is 68.1 cm³/mol. The summed E-state index contributed by atoms with van der Waals surface area (Å²) in [5, 5.41) is 2.60. The van der Waals surface area contributed by atoms with Crippen molar-refractivity contribution in [2.75, 3.05) is 13.2 Å². The van der Waals surface area contributed by atoms with Crippen LogP contribution in [0.5, 0.6) is 0 Å². The van der Waals surface area contributed by atoms with Crippen molar-refractivity contribution in [1.82, 2.24) is 5.32 Å². The Kier molecular flexibility index (Phi) is 7.35. The van der Waals surface area contributed by atoms with E-state index in [1.54, 1.807) is 27.7 Å². The normalized spacial score (nSPS) is 12.7. The van der Waals surface area contributed by atoms with E-state index >= 15 is 0 Å². The highest BCUT2D eigenvalue weighted by Crippen LogP contribution is 2.06. The fourth-order valence-electron chi connectivity index (χ4n) is 1.19. The number of carbonyl (C=O) groups excluding carboxylic acids is 2. The third-order valence-electron chi connectivity index (χ3n) is 1.95. The van der Waals surface area contributed by atoms with Gasteiger partial charge in [-0.25, -0.2) is 4.79 Å². The van der Waals surface area contributed by atoms with E-state index in [0.717, 1.165) is 0 Å². The number of hydrogen-bond donors (Lipinski definition) is 2. The van der Waals surface area contributed by atoms with Gasteiger partial charge in [-0.3, -0.25) is 4.79 Å². The summed E-state index contributed by atoms with van der Waals surface area (Å²) in [6.45, 7) is 7.86. The van der Waals surface area contributed by atoms with Crippen LogP contribution in [0.25, 0.3) is 0 Å². The third kappa shape index (κ3) is 8.81. The molecule has 0 saturated heterocycles. The monoisotopic (exact) mass is 260 g/mol. The van der Waals surface area contributed by atoms with Gasteiger partial charge < -0.3 is 20.5 Å². The SMILES string of the molecule is CCOC(=O)[C@H](N)CCCNC(=O)OC(C)(C)C. The zero-order chi connectivity index (χ0) is 14.2. The zero-order valence-corrected chi connectivity index (χ0v) is 11.6. The molecular weight excluding hydrogens is 236 g/mol. The van der Waals surface area contributed by atoms with Crippen molar-refractivity contribution in [3.8, 4) is 0 Å². The molecule has 0 bridgehead atoms. The molecule has 0 aromatic carbocycles. The van der Waals surface area contributed by atoms with Crippen molar-refractivity contribution in [2.45, 2.75) is 52.2 Å². The number of hydrogen-bond acceptors (Lipinski definition) is 5. The molecule has 0 aromatic heterocycles. The van der Waals surface area contributed by atoms with Gasteiger partial charge in [0.1, 0.15) is 11.6 Å². The highest BCUT2D eigenvalue weighted by molar-refractivity contribution is 5.75. The second-order valence-corrected chi connectivity index (χ2v) is 4.93. The Bertz CT molecular complexity index is 274. The maximum Gasteiger partial charge on any atom is 0.407 e. The van der Waals surface area contributed by atoms with Gasteiger partial charge in [-0.05, 0) is 40.5 Å². The van der Waals surface area contributed by atoms with Crippen LogP contribution in [-0.4, -0.2) is 36.9 Å². The predicted octanol–water partition coefficient (Wildman–Crippen LogP) is 1.18. The Balaban J connectivity index is 3.67. The van der Waals surface area contributed by atoms with Crippen LogP contribution in [0.4, 0.5) is 4.79 Å². The molecule has 0 aromatic rings. The quantitative estimate of drug-likeness (QED) is 0.553. The van der Waals surface area contributed by atoms with E-state index in [0.29, 0.717) is 26.0 Å². The van der Waals surface area contributed by atoms with Crippen molar-refractivity contribution in [2.24, 2.45) is 5.73 Å². The van der Waals surface area contributed by atoms with E-state index in [1.165, 1.54) is 0 Å². The van der Waals surface area contributed by atoms with Crippen LogP contribution >= 0.6 is 0 Å². The highest BCUT2D eigenvalue weighted by Gasteiger charge is 2.16. The lowest BCUT2D eigenvalue weighted by Crippen LogP contribution is -2.35. The average Bonchev–Trinajstić information content (AvgIpc) is 2.21. The van der Waals surface area contributed by atoms with E-state index in [2.05, 4.69) is 5.32 Å². The molecule has 0 aliphatic carbocycles. The van der Waals surface area contributed by atoms with E-state index in [1.807, 2.05) is 0 Å². The number of amides is 1. The van der Waals surface area contributed by atoms with Crippen LogP contribution in [0.1, 0.15) is 40.5 Å². The molecule has 0 rings (SSSR count). The molecule has 0 fully saturated rings. The van der Waals surface area contributed by atoms with Crippen LogP contribution in [0.3, 0.4) is 0 Å². The van der Waals surface area contributed by atoms with Crippen LogP contribution in [0.2, 0.25) is 0 Å². The summed E-state index contributed by atoms with van der Waals surface area (Å²) in [7, 11) is 0. The van der Waals surface area contributed by atoms with Crippen LogP contribution in [-0.2, 0) is 14.3 Å². The van der Waals surface area contributed by atoms with Gasteiger partial charge in [0.2, 0.25) is 0 Å². The number of alkyl carbamates (subject to hydrolysis) is 1. The van der Waals surface area contributed by atoms with Crippen molar-refractivity contribution in [3.05, 3.63) is 0 Å². The third-order valence-corrected chi connectivity index (χ3v) is 1.95. The Hall–Kier alpha value is -1.30. The van der Waals surface area contributed by atoms with Gasteiger partial charge in [-0.15, -0.1) is 0 Å². The molecule has 0 radical (unpaired) electrons. The minimum atomic E-state index is -0.634.